The molecule has 0 heterocycles. The molecule has 1 aromatic carbocycles. The molecular weight excluding hydrogens is 191 g/mol. The number of halogens is 1. The van der Waals surface area contributed by atoms with Gasteiger partial charge in [0, 0.05) is 5.41 Å². The van der Waals surface area contributed by atoms with Crippen molar-refractivity contribution in [2.45, 2.75) is 31.1 Å². The van der Waals surface area contributed by atoms with Crippen LogP contribution in [0.1, 0.15) is 31.2 Å². The van der Waals surface area contributed by atoms with E-state index in [4.69, 9.17) is 4.74 Å². The van der Waals surface area contributed by atoms with Crippen LogP contribution in [-0.2, 0) is 5.41 Å². The summed E-state index contributed by atoms with van der Waals surface area (Å²) in [5, 5.41) is 0. The monoisotopic (exact) mass is 208 g/mol. The minimum Gasteiger partial charge on any atom is -0.497 e. The Hall–Kier alpha value is -1.05. The van der Waals surface area contributed by atoms with Crippen LogP contribution in [-0.4, -0.2) is 13.8 Å². The smallest absolute Gasteiger partial charge is 0.119 e. The van der Waals surface area contributed by atoms with Gasteiger partial charge in [0.2, 0.25) is 0 Å². The summed E-state index contributed by atoms with van der Waals surface area (Å²) < 4.78 is 18.4. The molecule has 1 saturated carbocycles. The van der Waals surface area contributed by atoms with Crippen LogP contribution in [0.15, 0.2) is 24.3 Å². The fourth-order valence-corrected chi connectivity index (χ4v) is 2.50. The molecule has 0 saturated heterocycles. The van der Waals surface area contributed by atoms with Crippen molar-refractivity contribution in [1.82, 2.24) is 0 Å². The lowest BCUT2D eigenvalue weighted by Crippen LogP contribution is -2.24. The van der Waals surface area contributed by atoms with Gasteiger partial charge in [-0.1, -0.05) is 25.0 Å². The molecule has 1 aliphatic rings. The molecule has 0 atom stereocenters. The van der Waals surface area contributed by atoms with E-state index >= 15 is 0 Å². The minimum absolute atomic E-state index is 0.228. The number of hydrogen-bond acceptors (Lipinski definition) is 1. The summed E-state index contributed by atoms with van der Waals surface area (Å²) in [4.78, 5) is 0. The number of ether oxygens (including phenoxy) is 1. The highest BCUT2D eigenvalue weighted by Gasteiger charge is 2.35. The molecule has 1 nitrogen and oxygen atoms in total. The predicted octanol–water partition coefficient (Wildman–Crippen LogP) is 3.48. The van der Waals surface area contributed by atoms with Gasteiger partial charge in [0.25, 0.3) is 0 Å². The maximum Gasteiger partial charge on any atom is 0.119 e. The van der Waals surface area contributed by atoms with Gasteiger partial charge in [0.05, 0.1) is 13.8 Å². The SMILES string of the molecule is COc1cccc(C2(CF)CCCC2)c1. The van der Waals surface area contributed by atoms with E-state index in [1.54, 1.807) is 7.11 Å². The fraction of sp³-hybridized carbons (Fsp3) is 0.538. The van der Waals surface area contributed by atoms with Gasteiger partial charge in [-0.2, -0.15) is 0 Å². The van der Waals surface area contributed by atoms with Gasteiger partial charge in [-0.25, -0.2) is 0 Å². The summed E-state index contributed by atoms with van der Waals surface area (Å²) >= 11 is 0. The van der Waals surface area contributed by atoms with Crippen LogP contribution in [0.3, 0.4) is 0 Å². The van der Waals surface area contributed by atoms with E-state index < -0.39 is 0 Å². The molecule has 15 heavy (non-hydrogen) atoms. The van der Waals surface area contributed by atoms with E-state index in [9.17, 15) is 4.39 Å². The quantitative estimate of drug-likeness (QED) is 0.739. The average molecular weight is 208 g/mol. The normalized spacial score (nSPS) is 19.1. The lowest BCUT2D eigenvalue weighted by atomic mass is 9.80. The first-order valence-electron chi connectivity index (χ1n) is 5.51. The average Bonchev–Trinajstić information content (AvgIpc) is 2.79. The Labute approximate surface area is 90.3 Å². The highest BCUT2D eigenvalue weighted by Crippen LogP contribution is 2.42. The first-order valence-corrected chi connectivity index (χ1v) is 5.51. The van der Waals surface area contributed by atoms with Gasteiger partial charge < -0.3 is 4.74 Å². The Morgan fingerprint density at radius 1 is 1.33 bits per heavy atom. The van der Waals surface area contributed by atoms with E-state index in [0.29, 0.717) is 0 Å². The van der Waals surface area contributed by atoms with Crippen LogP contribution >= 0.6 is 0 Å². The second-order valence-electron chi connectivity index (χ2n) is 4.35. The molecule has 1 fully saturated rings. The van der Waals surface area contributed by atoms with Crippen molar-refractivity contribution in [3.05, 3.63) is 29.8 Å². The minimum atomic E-state index is -0.250. The van der Waals surface area contributed by atoms with Crippen molar-refractivity contribution in [3.8, 4) is 5.75 Å². The van der Waals surface area contributed by atoms with Crippen LogP contribution in [0, 0.1) is 0 Å². The lowest BCUT2D eigenvalue weighted by Gasteiger charge is -2.26. The molecule has 0 radical (unpaired) electrons. The van der Waals surface area contributed by atoms with Crippen LogP contribution in [0.2, 0.25) is 0 Å². The van der Waals surface area contributed by atoms with Crippen molar-refractivity contribution in [2.75, 3.05) is 13.8 Å². The van der Waals surface area contributed by atoms with Gasteiger partial charge in [-0.05, 0) is 30.5 Å². The van der Waals surface area contributed by atoms with Gasteiger partial charge in [-0.15, -0.1) is 0 Å². The lowest BCUT2D eigenvalue weighted by molar-refractivity contribution is 0.308. The Kier molecular flexibility index (Phi) is 2.94. The van der Waals surface area contributed by atoms with Crippen LogP contribution in [0.25, 0.3) is 0 Å². The van der Waals surface area contributed by atoms with Gasteiger partial charge in [-0.3, -0.25) is 4.39 Å². The molecule has 0 bridgehead atoms. The van der Waals surface area contributed by atoms with Gasteiger partial charge >= 0.3 is 0 Å². The Morgan fingerprint density at radius 3 is 2.67 bits per heavy atom. The van der Waals surface area contributed by atoms with E-state index in [2.05, 4.69) is 0 Å². The third-order valence-corrected chi connectivity index (χ3v) is 3.50. The van der Waals surface area contributed by atoms with Crippen LogP contribution in [0.5, 0.6) is 5.75 Å². The standard InChI is InChI=1S/C13H17FO/c1-15-12-6-4-5-11(9-12)13(10-14)7-2-3-8-13/h4-6,9H,2-3,7-8,10H2,1H3. The Morgan fingerprint density at radius 2 is 2.07 bits per heavy atom. The zero-order chi connectivity index (χ0) is 10.7. The third kappa shape index (κ3) is 1.85. The van der Waals surface area contributed by atoms with Crippen molar-refractivity contribution in [1.29, 1.82) is 0 Å². The number of hydrogen-bond donors (Lipinski definition) is 0. The predicted molar refractivity (Wildman–Crippen MR) is 59.1 cm³/mol. The van der Waals surface area contributed by atoms with E-state index in [1.165, 1.54) is 0 Å². The van der Waals surface area contributed by atoms with Crippen molar-refractivity contribution in [2.24, 2.45) is 0 Å². The van der Waals surface area contributed by atoms with Crippen molar-refractivity contribution < 1.29 is 9.13 Å². The van der Waals surface area contributed by atoms with Gasteiger partial charge in [0.15, 0.2) is 0 Å². The summed E-state index contributed by atoms with van der Waals surface area (Å²) in [6.45, 7) is -0.250. The summed E-state index contributed by atoms with van der Waals surface area (Å²) in [6, 6.07) is 7.85. The Bertz CT molecular complexity index is 329. The van der Waals surface area contributed by atoms with Crippen LogP contribution < -0.4 is 4.74 Å². The molecule has 2 heteroatoms. The highest BCUT2D eigenvalue weighted by molar-refractivity contribution is 5.34. The maximum atomic E-state index is 13.2. The van der Waals surface area contributed by atoms with Gasteiger partial charge in [0.1, 0.15) is 5.75 Å². The van der Waals surface area contributed by atoms with Crippen molar-refractivity contribution >= 4 is 0 Å². The summed E-state index contributed by atoms with van der Waals surface area (Å²) in [7, 11) is 1.65. The molecule has 0 aliphatic heterocycles. The molecule has 1 aromatic rings. The van der Waals surface area contributed by atoms with E-state index in [0.717, 1.165) is 37.0 Å². The number of benzene rings is 1. The van der Waals surface area contributed by atoms with E-state index in [1.807, 2.05) is 24.3 Å². The zero-order valence-corrected chi connectivity index (χ0v) is 9.13. The second-order valence-corrected chi connectivity index (χ2v) is 4.35. The number of rotatable bonds is 3. The molecule has 1 aliphatic carbocycles. The zero-order valence-electron chi connectivity index (χ0n) is 9.13. The fourth-order valence-electron chi connectivity index (χ4n) is 2.50. The number of methoxy groups -OCH3 is 1. The van der Waals surface area contributed by atoms with Crippen molar-refractivity contribution in [3.63, 3.8) is 0 Å². The highest BCUT2D eigenvalue weighted by atomic mass is 19.1. The summed E-state index contributed by atoms with van der Waals surface area (Å²) in [5.41, 5.74) is 0.871. The molecule has 0 spiro atoms. The second kappa shape index (κ2) is 4.21. The molecule has 0 amide bonds. The maximum absolute atomic E-state index is 13.2. The molecule has 82 valence electrons. The molecule has 0 N–H and O–H groups in total. The first-order chi connectivity index (χ1) is 7.30. The topological polar surface area (TPSA) is 9.23 Å². The summed E-state index contributed by atoms with van der Waals surface area (Å²) in [6.07, 6.45) is 4.22. The largest absolute Gasteiger partial charge is 0.497 e. The third-order valence-electron chi connectivity index (χ3n) is 3.50. The first kappa shape index (κ1) is 10.5. The molecular formula is C13H17FO. The summed E-state index contributed by atoms with van der Waals surface area (Å²) in [5.74, 6) is 0.826. The number of alkyl halides is 1. The van der Waals surface area contributed by atoms with E-state index in [-0.39, 0.29) is 12.1 Å². The Balaban J connectivity index is 2.33. The molecule has 0 aromatic heterocycles. The molecule has 2 rings (SSSR count). The molecule has 0 unspecified atom stereocenters. The van der Waals surface area contributed by atoms with Crippen LogP contribution in [0.4, 0.5) is 4.39 Å².